The van der Waals surface area contributed by atoms with Gasteiger partial charge in [-0.15, -0.1) is 5.10 Å². The van der Waals surface area contributed by atoms with Gasteiger partial charge in [0, 0.05) is 19.1 Å². The molecule has 5 nitrogen and oxygen atoms in total. The fourth-order valence-electron chi connectivity index (χ4n) is 3.21. The summed E-state index contributed by atoms with van der Waals surface area (Å²) in [5, 5.41) is 12.1. The van der Waals surface area contributed by atoms with Crippen molar-refractivity contribution in [2.75, 3.05) is 24.5 Å². The number of aromatic nitrogens is 3. The lowest BCUT2D eigenvalue weighted by atomic mass is 9.90. The van der Waals surface area contributed by atoms with Crippen LogP contribution in [0.3, 0.4) is 0 Å². The number of nitrogens with one attached hydrogen (secondary N) is 1. The molecule has 2 aliphatic rings. The van der Waals surface area contributed by atoms with E-state index in [4.69, 9.17) is 0 Å². The zero-order chi connectivity index (χ0) is 13.2. The van der Waals surface area contributed by atoms with E-state index in [1.165, 1.54) is 32.2 Å². The van der Waals surface area contributed by atoms with E-state index < -0.39 is 0 Å². The highest BCUT2D eigenvalue weighted by atomic mass is 15.3. The second-order valence-corrected chi connectivity index (χ2v) is 5.83. The highest BCUT2D eigenvalue weighted by Crippen LogP contribution is 2.26. The predicted octanol–water partition coefficient (Wildman–Crippen LogP) is 1.46. The van der Waals surface area contributed by atoms with Gasteiger partial charge in [-0.25, -0.2) is 4.98 Å². The Morgan fingerprint density at radius 2 is 2.00 bits per heavy atom. The zero-order valence-corrected chi connectivity index (χ0v) is 11.9. The first-order chi connectivity index (χ1) is 9.24. The number of anilines is 1. The molecule has 1 aromatic heterocycles. The summed E-state index contributed by atoms with van der Waals surface area (Å²) < 4.78 is 0. The first kappa shape index (κ1) is 12.8. The fraction of sp³-hybridized carbons (Fsp3) is 0.786. The third-order valence-corrected chi connectivity index (χ3v) is 4.49. The maximum atomic E-state index is 4.59. The van der Waals surface area contributed by atoms with Gasteiger partial charge in [0.25, 0.3) is 0 Å². The van der Waals surface area contributed by atoms with Crippen LogP contribution in [0.4, 0.5) is 5.95 Å². The van der Waals surface area contributed by atoms with E-state index in [9.17, 15) is 0 Å². The molecule has 5 heteroatoms. The zero-order valence-electron chi connectivity index (χ0n) is 11.9. The third kappa shape index (κ3) is 2.71. The molecule has 0 spiro atoms. The van der Waals surface area contributed by atoms with E-state index in [1.54, 1.807) is 0 Å². The van der Waals surface area contributed by atoms with Gasteiger partial charge in [-0.3, -0.25) is 0 Å². The molecule has 2 aliphatic heterocycles. The van der Waals surface area contributed by atoms with E-state index in [2.05, 4.69) is 25.4 Å². The topological polar surface area (TPSA) is 53.9 Å². The van der Waals surface area contributed by atoms with Crippen LogP contribution in [0.25, 0.3) is 0 Å². The molecule has 0 bridgehead atoms. The standard InChI is InChI=1S/C14H23N5/c1-10-11(2)17-18-14(16-10)19-8-4-5-12(9-19)13-6-3-7-15-13/h12-13,15H,3-9H2,1-2H3. The van der Waals surface area contributed by atoms with Gasteiger partial charge >= 0.3 is 0 Å². The number of aryl methyl sites for hydroxylation is 2. The number of piperidine rings is 1. The molecule has 1 aromatic rings. The van der Waals surface area contributed by atoms with Crippen LogP contribution in [0.1, 0.15) is 37.1 Å². The summed E-state index contributed by atoms with van der Waals surface area (Å²) in [6, 6.07) is 0.697. The minimum atomic E-state index is 0.697. The molecule has 3 rings (SSSR count). The normalized spacial score (nSPS) is 27.8. The average Bonchev–Trinajstić information content (AvgIpc) is 2.96. The van der Waals surface area contributed by atoms with Crippen molar-refractivity contribution in [2.24, 2.45) is 5.92 Å². The second-order valence-electron chi connectivity index (χ2n) is 5.83. The van der Waals surface area contributed by atoms with Crippen LogP contribution in [0, 0.1) is 19.8 Å². The molecule has 0 aliphatic carbocycles. The Bertz CT molecular complexity index is 441. The van der Waals surface area contributed by atoms with Crippen LogP contribution < -0.4 is 10.2 Å². The van der Waals surface area contributed by atoms with Crippen LogP contribution in [0.5, 0.6) is 0 Å². The molecule has 0 aromatic carbocycles. The summed E-state index contributed by atoms with van der Waals surface area (Å²) in [6.07, 6.45) is 5.21. The summed E-state index contributed by atoms with van der Waals surface area (Å²) >= 11 is 0. The lowest BCUT2D eigenvalue weighted by Gasteiger charge is -2.35. The van der Waals surface area contributed by atoms with Crippen molar-refractivity contribution < 1.29 is 0 Å². The Morgan fingerprint density at radius 3 is 2.74 bits per heavy atom. The van der Waals surface area contributed by atoms with Crippen LogP contribution in [-0.2, 0) is 0 Å². The molecule has 19 heavy (non-hydrogen) atoms. The average molecular weight is 261 g/mol. The van der Waals surface area contributed by atoms with Crippen molar-refractivity contribution in [2.45, 2.75) is 45.6 Å². The summed E-state index contributed by atoms with van der Waals surface area (Å²) in [5.74, 6) is 1.55. The van der Waals surface area contributed by atoms with E-state index in [-0.39, 0.29) is 0 Å². The molecule has 2 unspecified atom stereocenters. The van der Waals surface area contributed by atoms with Crippen LogP contribution in [-0.4, -0.2) is 40.9 Å². The van der Waals surface area contributed by atoms with E-state index in [0.717, 1.165) is 36.3 Å². The van der Waals surface area contributed by atoms with Gasteiger partial charge in [-0.1, -0.05) is 0 Å². The Labute approximate surface area is 114 Å². The van der Waals surface area contributed by atoms with Crippen molar-refractivity contribution in [3.05, 3.63) is 11.4 Å². The summed E-state index contributed by atoms with van der Waals surface area (Å²) in [4.78, 5) is 6.90. The Morgan fingerprint density at radius 1 is 1.11 bits per heavy atom. The molecule has 2 atom stereocenters. The molecule has 2 fully saturated rings. The minimum Gasteiger partial charge on any atom is -0.339 e. The van der Waals surface area contributed by atoms with Crippen LogP contribution in [0.2, 0.25) is 0 Å². The molecule has 0 amide bonds. The van der Waals surface area contributed by atoms with Crippen molar-refractivity contribution in [3.8, 4) is 0 Å². The number of nitrogens with zero attached hydrogens (tertiary/aromatic N) is 4. The van der Waals surface area contributed by atoms with E-state index in [0.29, 0.717) is 6.04 Å². The Hall–Kier alpha value is -1.23. The molecule has 104 valence electrons. The van der Waals surface area contributed by atoms with Gasteiger partial charge in [0.2, 0.25) is 5.95 Å². The Balaban J connectivity index is 1.71. The number of hydrogen-bond acceptors (Lipinski definition) is 5. The maximum Gasteiger partial charge on any atom is 0.245 e. The monoisotopic (exact) mass is 261 g/mol. The first-order valence-electron chi connectivity index (χ1n) is 7.40. The lowest BCUT2D eigenvalue weighted by molar-refractivity contribution is 0.326. The third-order valence-electron chi connectivity index (χ3n) is 4.49. The smallest absolute Gasteiger partial charge is 0.245 e. The highest BCUT2D eigenvalue weighted by molar-refractivity contribution is 5.30. The SMILES string of the molecule is Cc1nnc(N2CCCC(C3CCCN3)C2)nc1C. The van der Waals surface area contributed by atoms with E-state index in [1.807, 2.05) is 13.8 Å². The second kappa shape index (κ2) is 5.41. The maximum absolute atomic E-state index is 4.59. The number of hydrogen-bond donors (Lipinski definition) is 1. The van der Waals surface area contributed by atoms with Crippen molar-refractivity contribution in [1.29, 1.82) is 0 Å². The molecule has 0 saturated carbocycles. The van der Waals surface area contributed by atoms with Gasteiger partial charge in [-0.2, -0.15) is 5.10 Å². The quantitative estimate of drug-likeness (QED) is 0.873. The Kier molecular flexibility index (Phi) is 3.64. The molecular weight excluding hydrogens is 238 g/mol. The molecular formula is C14H23N5. The predicted molar refractivity (Wildman–Crippen MR) is 75.3 cm³/mol. The van der Waals surface area contributed by atoms with Crippen LogP contribution >= 0.6 is 0 Å². The van der Waals surface area contributed by atoms with Gasteiger partial charge in [-0.05, 0) is 52.0 Å². The minimum absolute atomic E-state index is 0.697. The summed E-state index contributed by atoms with van der Waals surface area (Å²) in [5.41, 5.74) is 1.92. The van der Waals surface area contributed by atoms with Crippen molar-refractivity contribution in [1.82, 2.24) is 20.5 Å². The highest BCUT2D eigenvalue weighted by Gasteiger charge is 2.30. The number of rotatable bonds is 2. The van der Waals surface area contributed by atoms with Crippen LogP contribution in [0.15, 0.2) is 0 Å². The largest absolute Gasteiger partial charge is 0.339 e. The molecule has 3 heterocycles. The first-order valence-corrected chi connectivity index (χ1v) is 7.40. The fourth-order valence-corrected chi connectivity index (χ4v) is 3.21. The van der Waals surface area contributed by atoms with Gasteiger partial charge in [0.15, 0.2) is 0 Å². The van der Waals surface area contributed by atoms with Gasteiger partial charge < -0.3 is 10.2 Å². The van der Waals surface area contributed by atoms with E-state index >= 15 is 0 Å². The molecule has 2 saturated heterocycles. The van der Waals surface area contributed by atoms with Gasteiger partial charge in [0.1, 0.15) is 0 Å². The lowest BCUT2D eigenvalue weighted by Crippen LogP contribution is -2.44. The summed E-state index contributed by atoms with van der Waals surface area (Å²) in [7, 11) is 0. The molecule has 1 N–H and O–H groups in total. The van der Waals surface area contributed by atoms with Gasteiger partial charge in [0.05, 0.1) is 11.4 Å². The van der Waals surface area contributed by atoms with Crippen molar-refractivity contribution in [3.63, 3.8) is 0 Å². The van der Waals surface area contributed by atoms with Crippen molar-refractivity contribution >= 4 is 5.95 Å². The summed E-state index contributed by atoms with van der Waals surface area (Å²) in [6.45, 7) is 7.28. The molecule has 0 radical (unpaired) electrons.